The van der Waals surface area contributed by atoms with E-state index in [9.17, 15) is 14.9 Å². The van der Waals surface area contributed by atoms with Gasteiger partial charge in [-0.2, -0.15) is 10.1 Å². The highest BCUT2D eigenvalue weighted by molar-refractivity contribution is 6.33. The zero-order valence-electron chi connectivity index (χ0n) is 17.5. The largest absolute Gasteiger partial charge is 0.497 e. The Hall–Kier alpha value is -3.91. The highest BCUT2D eigenvalue weighted by Crippen LogP contribution is 2.35. The number of aryl methyl sites for hydroxylation is 1. The number of nitro benzene ring substituents is 1. The molecule has 4 rings (SSSR count). The van der Waals surface area contributed by atoms with Gasteiger partial charge in [0.2, 0.25) is 0 Å². The normalized spacial score (nSPS) is 14.8. The van der Waals surface area contributed by atoms with Crippen LogP contribution in [0, 0.1) is 17.0 Å². The van der Waals surface area contributed by atoms with Gasteiger partial charge in [-0.25, -0.2) is 0 Å². The van der Waals surface area contributed by atoms with E-state index in [0.29, 0.717) is 44.8 Å². The number of nitro groups is 1. The molecule has 32 heavy (non-hydrogen) atoms. The number of carbonyl (C=O) groups is 1. The van der Waals surface area contributed by atoms with Crippen molar-refractivity contribution >= 4 is 40.7 Å². The predicted molar refractivity (Wildman–Crippen MR) is 122 cm³/mol. The SMILES string of the molecule is COc1ccc(-c2ccc(/C=C3/C(=O)N(c4ccc(C)c(Cl)c4)N=C3C)o2)c([N+](=O)[O-])c1. The van der Waals surface area contributed by atoms with Crippen molar-refractivity contribution in [2.75, 3.05) is 12.1 Å². The van der Waals surface area contributed by atoms with Gasteiger partial charge in [0.1, 0.15) is 17.3 Å². The van der Waals surface area contributed by atoms with Crippen LogP contribution in [-0.2, 0) is 4.79 Å². The summed E-state index contributed by atoms with van der Waals surface area (Å²) < 4.78 is 10.9. The van der Waals surface area contributed by atoms with E-state index in [0.717, 1.165) is 5.56 Å². The number of halogens is 1. The summed E-state index contributed by atoms with van der Waals surface area (Å²) >= 11 is 6.19. The van der Waals surface area contributed by atoms with E-state index in [1.54, 1.807) is 49.4 Å². The zero-order chi connectivity index (χ0) is 23.0. The molecule has 1 aliphatic rings. The zero-order valence-corrected chi connectivity index (χ0v) is 18.2. The lowest BCUT2D eigenvalue weighted by atomic mass is 10.1. The lowest BCUT2D eigenvalue weighted by molar-refractivity contribution is -0.384. The molecule has 0 unspecified atom stereocenters. The van der Waals surface area contributed by atoms with Gasteiger partial charge in [-0.1, -0.05) is 17.7 Å². The van der Waals surface area contributed by atoms with Crippen molar-refractivity contribution in [3.05, 3.63) is 80.6 Å². The standard InChI is InChI=1S/C23H18ClN3O5/c1-13-4-5-15(10-20(13)24)26-23(28)19(14(2)25-26)11-17-7-9-22(32-17)18-8-6-16(31-3)12-21(18)27(29)30/h4-12H,1-3H3/b19-11+. The second kappa shape index (κ2) is 8.32. The van der Waals surface area contributed by atoms with Crippen molar-refractivity contribution < 1.29 is 18.9 Å². The number of hydrazone groups is 1. The van der Waals surface area contributed by atoms with E-state index < -0.39 is 4.92 Å². The Morgan fingerprint density at radius 1 is 1.16 bits per heavy atom. The number of nitrogens with zero attached hydrogens (tertiary/aromatic N) is 3. The molecular formula is C23H18ClN3O5. The molecule has 3 aromatic rings. The van der Waals surface area contributed by atoms with Gasteiger partial charge in [0.15, 0.2) is 0 Å². The van der Waals surface area contributed by atoms with Gasteiger partial charge < -0.3 is 9.15 Å². The molecule has 0 atom stereocenters. The van der Waals surface area contributed by atoms with Crippen LogP contribution in [0.5, 0.6) is 5.75 Å². The fourth-order valence-electron chi connectivity index (χ4n) is 3.29. The van der Waals surface area contributed by atoms with Crippen molar-refractivity contribution in [2.24, 2.45) is 5.10 Å². The van der Waals surface area contributed by atoms with E-state index >= 15 is 0 Å². The Bertz CT molecular complexity index is 1310. The van der Waals surface area contributed by atoms with Gasteiger partial charge in [0.05, 0.1) is 40.6 Å². The Morgan fingerprint density at radius 2 is 1.94 bits per heavy atom. The molecule has 1 amide bonds. The monoisotopic (exact) mass is 451 g/mol. The van der Waals surface area contributed by atoms with Gasteiger partial charge in [-0.15, -0.1) is 0 Å². The summed E-state index contributed by atoms with van der Waals surface area (Å²) in [5, 5.41) is 17.6. The lowest BCUT2D eigenvalue weighted by Gasteiger charge is -2.12. The minimum atomic E-state index is -0.500. The molecule has 0 fully saturated rings. The van der Waals surface area contributed by atoms with E-state index in [4.69, 9.17) is 20.8 Å². The Morgan fingerprint density at radius 3 is 2.62 bits per heavy atom. The quantitative estimate of drug-likeness (QED) is 0.284. The maximum atomic E-state index is 13.0. The van der Waals surface area contributed by atoms with Crippen LogP contribution in [0.1, 0.15) is 18.2 Å². The number of carbonyl (C=O) groups excluding carboxylic acids is 1. The Labute approximate surface area is 188 Å². The van der Waals surface area contributed by atoms with Crippen LogP contribution in [0.15, 0.2) is 63.6 Å². The second-order valence-corrected chi connectivity index (χ2v) is 7.54. The van der Waals surface area contributed by atoms with Crippen molar-refractivity contribution in [1.29, 1.82) is 0 Å². The smallest absolute Gasteiger partial charge is 0.284 e. The minimum Gasteiger partial charge on any atom is -0.497 e. The molecule has 0 saturated carbocycles. The molecule has 0 radical (unpaired) electrons. The van der Waals surface area contributed by atoms with E-state index in [2.05, 4.69) is 5.10 Å². The number of hydrogen-bond acceptors (Lipinski definition) is 6. The molecule has 0 N–H and O–H groups in total. The number of amides is 1. The number of methoxy groups -OCH3 is 1. The number of rotatable bonds is 5. The van der Waals surface area contributed by atoms with Crippen molar-refractivity contribution in [2.45, 2.75) is 13.8 Å². The second-order valence-electron chi connectivity index (χ2n) is 7.14. The molecule has 2 heterocycles. The topological polar surface area (TPSA) is 98.2 Å². The molecule has 0 bridgehead atoms. The maximum absolute atomic E-state index is 13.0. The number of furan rings is 1. The molecule has 0 aliphatic carbocycles. The third kappa shape index (κ3) is 3.88. The summed E-state index contributed by atoms with van der Waals surface area (Å²) in [7, 11) is 1.44. The fourth-order valence-corrected chi connectivity index (χ4v) is 3.46. The summed E-state index contributed by atoms with van der Waals surface area (Å²) in [6, 6.07) is 13.0. The van der Waals surface area contributed by atoms with Crippen LogP contribution in [0.3, 0.4) is 0 Å². The third-order valence-corrected chi connectivity index (χ3v) is 5.45. The van der Waals surface area contributed by atoms with Gasteiger partial charge in [0, 0.05) is 5.02 Å². The van der Waals surface area contributed by atoms with E-state index in [-0.39, 0.29) is 11.6 Å². The van der Waals surface area contributed by atoms with Gasteiger partial charge in [-0.05, 0) is 61.9 Å². The first-order chi connectivity index (χ1) is 15.3. The maximum Gasteiger partial charge on any atom is 0.284 e. The van der Waals surface area contributed by atoms with Crippen LogP contribution in [0.4, 0.5) is 11.4 Å². The van der Waals surface area contributed by atoms with Crippen molar-refractivity contribution in [3.63, 3.8) is 0 Å². The number of benzene rings is 2. The van der Waals surface area contributed by atoms with Gasteiger partial charge in [0.25, 0.3) is 11.6 Å². The van der Waals surface area contributed by atoms with Crippen LogP contribution < -0.4 is 9.75 Å². The minimum absolute atomic E-state index is 0.144. The number of ether oxygens (including phenoxy) is 1. The summed E-state index contributed by atoms with van der Waals surface area (Å²) in [5.41, 5.74) is 2.48. The van der Waals surface area contributed by atoms with E-state index in [1.165, 1.54) is 18.2 Å². The van der Waals surface area contributed by atoms with E-state index in [1.807, 2.05) is 13.0 Å². The van der Waals surface area contributed by atoms with Crippen molar-refractivity contribution in [3.8, 4) is 17.1 Å². The summed E-state index contributed by atoms with van der Waals surface area (Å²) in [5.74, 6) is 0.713. The molecule has 8 nitrogen and oxygen atoms in total. The fraction of sp³-hybridized carbons (Fsp3) is 0.130. The molecule has 0 spiro atoms. The lowest BCUT2D eigenvalue weighted by Crippen LogP contribution is -2.21. The van der Waals surface area contributed by atoms with Crippen LogP contribution >= 0.6 is 11.6 Å². The number of anilines is 1. The first-order valence-electron chi connectivity index (χ1n) is 9.59. The summed E-state index contributed by atoms with van der Waals surface area (Å²) in [6.45, 7) is 3.59. The Balaban J connectivity index is 1.65. The van der Waals surface area contributed by atoms with Crippen molar-refractivity contribution in [1.82, 2.24) is 0 Å². The third-order valence-electron chi connectivity index (χ3n) is 5.04. The molecule has 2 aromatic carbocycles. The molecule has 162 valence electrons. The molecular weight excluding hydrogens is 434 g/mol. The predicted octanol–water partition coefficient (Wildman–Crippen LogP) is 5.63. The van der Waals surface area contributed by atoms with Gasteiger partial charge >= 0.3 is 0 Å². The molecule has 1 aliphatic heterocycles. The average Bonchev–Trinajstić information content (AvgIpc) is 3.35. The first kappa shape index (κ1) is 21.3. The summed E-state index contributed by atoms with van der Waals surface area (Å²) in [6.07, 6.45) is 1.57. The van der Waals surface area contributed by atoms with Crippen LogP contribution in [0.25, 0.3) is 17.4 Å². The average molecular weight is 452 g/mol. The van der Waals surface area contributed by atoms with Gasteiger partial charge in [-0.3, -0.25) is 14.9 Å². The molecule has 9 heteroatoms. The highest BCUT2D eigenvalue weighted by atomic mass is 35.5. The number of hydrogen-bond donors (Lipinski definition) is 0. The van der Waals surface area contributed by atoms with Crippen LogP contribution in [-0.4, -0.2) is 23.7 Å². The molecule has 1 aromatic heterocycles. The summed E-state index contributed by atoms with van der Waals surface area (Å²) in [4.78, 5) is 23.9. The first-order valence-corrected chi connectivity index (χ1v) is 9.97. The van der Waals surface area contributed by atoms with Crippen LogP contribution in [0.2, 0.25) is 5.02 Å². The highest BCUT2D eigenvalue weighted by Gasteiger charge is 2.29. The Kier molecular flexibility index (Phi) is 5.54. The molecule has 0 saturated heterocycles.